The van der Waals surface area contributed by atoms with Crippen LogP contribution < -0.4 is 10.5 Å². The van der Waals surface area contributed by atoms with Gasteiger partial charge in [-0.05, 0) is 35.9 Å². The smallest absolute Gasteiger partial charge is 0.184 e. The van der Waals surface area contributed by atoms with Crippen molar-refractivity contribution >= 4 is 27.1 Å². The zero-order valence-corrected chi connectivity index (χ0v) is 12.4. The van der Waals surface area contributed by atoms with Crippen LogP contribution in [0, 0.1) is 0 Å². The molecule has 0 aliphatic carbocycles. The maximum atomic E-state index is 12.4. The zero-order chi connectivity index (χ0) is 14.8. The first-order chi connectivity index (χ1) is 9.42. The summed E-state index contributed by atoms with van der Waals surface area (Å²) in [5.74, 6) is 0.535. The second-order valence-electron chi connectivity index (χ2n) is 4.30. The van der Waals surface area contributed by atoms with E-state index in [0.717, 1.165) is 0 Å². The summed E-state index contributed by atoms with van der Waals surface area (Å²) in [4.78, 5) is 0.0509. The van der Waals surface area contributed by atoms with Gasteiger partial charge in [0.05, 0.1) is 22.8 Å². The van der Waals surface area contributed by atoms with Crippen molar-refractivity contribution in [3.05, 3.63) is 53.1 Å². The molecule has 106 valence electrons. The van der Waals surface area contributed by atoms with E-state index in [-0.39, 0.29) is 15.7 Å². The van der Waals surface area contributed by atoms with Crippen molar-refractivity contribution in [1.82, 2.24) is 0 Å². The van der Waals surface area contributed by atoms with Gasteiger partial charge in [0.25, 0.3) is 0 Å². The molecule has 0 atom stereocenters. The first-order valence-corrected chi connectivity index (χ1v) is 7.86. The molecule has 0 saturated carbocycles. The van der Waals surface area contributed by atoms with E-state index in [1.54, 1.807) is 37.4 Å². The van der Waals surface area contributed by atoms with Crippen LogP contribution in [-0.4, -0.2) is 15.5 Å². The standard InChI is InChI=1S/C14H14ClNO3S/c1-19-12-5-2-10(3-6-12)9-20(17,18)14-8-11(16)4-7-13(14)15/h2-8H,9,16H2,1H3. The van der Waals surface area contributed by atoms with Gasteiger partial charge in [0, 0.05) is 5.69 Å². The molecular formula is C14H14ClNO3S. The number of methoxy groups -OCH3 is 1. The van der Waals surface area contributed by atoms with Gasteiger partial charge in [-0.1, -0.05) is 23.7 Å². The van der Waals surface area contributed by atoms with Crippen LogP contribution in [-0.2, 0) is 15.6 Å². The highest BCUT2D eigenvalue weighted by molar-refractivity contribution is 7.90. The van der Waals surface area contributed by atoms with Gasteiger partial charge >= 0.3 is 0 Å². The molecule has 0 heterocycles. The number of nitrogen functional groups attached to an aromatic ring is 1. The number of hydrogen-bond donors (Lipinski definition) is 1. The fraction of sp³-hybridized carbons (Fsp3) is 0.143. The number of rotatable bonds is 4. The molecule has 2 aromatic rings. The third kappa shape index (κ3) is 3.23. The van der Waals surface area contributed by atoms with Gasteiger partial charge in [0.15, 0.2) is 9.84 Å². The molecule has 0 aliphatic heterocycles. The largest absolute Gasteiger partial charge is 0.497 e. The summed E-state index contributed by atoms with van der Waals surface area (Å²) >= 11 is 5.94. The summed E-state index contributed by atoms with van der Waals surface area (Å²) in [6.45, 7) is 0. The summed E-state index contributed by atoms with van der Waals surface area (Å²) in [5, 5.41) is 0.174. The van der Waals surface area contributed by atoms with E-state index in [1.807, 2.05) is 0 Å². The lowest BCUT2D eigenvalue weighted by molar-refractivity contribution is 0.414. The van der Waals surface area contributed by atoms with Crippen LogP contribution in [0.2, 0.25) is 5.02 Å². The Kier molecular flexibility index (Phi) is 4.20. The van der Waals surface area contributed by atoms with Gasteiger partial charge in [0.2, 0.25) is 0 Å². The molecule has 0 spiro atoms. The SMILES string of the molecule is COc1ccc(CS(=O)(=O)c2cc(N)ccc2Cl)cc1. The lowest BCUT2D eigenvalue weighted by atomic mass is 10.2. The van der Waals surface area contributed by atoms with Crippen molar-refractivity contribution < 1.29 is 13.2 Å². The van der Waals surface area contributed by atoms with Crippen molar-refractivity contribution in [2.24, 2.45) is 0 Å². The van der Waals surface area contributed by atoms with Gasteiger partial charge in [-0.3, -0.25) is 0 Å². The molecule has 6 heteroatoms. The number of nitrogens with two attached hydrogens (primary N) is 1. The third-order valence-electron chi connectivity index (χ3n) is 2.81. The minimum Gasteiger partial charge on any atom is -0.497 e. The Hall–Kier alpha value is -1.72. The van der Waals surface area contributed by atoms with Crippen molar-refractivity contribution in [3.63, 3.8) is 0 Å². The van der Waals surface area contributed by atoms with Crippen LogP contribution in [0.3, 0.4) is 0 Å². The number of ether oxygens (including phenoxy) is 1. The summed E-state index contributed by atoms with van der Waals surface area (Å²) < 4.78 is 29.7. The number of hydrogen-bond acceptors (Lipinski definition) is 4. The lowest BCUT2D eigenvalue weighted by Gasteiger charge is -2.08. The van der Waals surface area contributed by atoms with E-state index in [4.69, 9.17) is 22.1 Å². The van der Waals surface area contributed by atoms with Crippen LogP contribution in [0.25, 0.3) is 0 Å². The van der Waals surface area contributed by atoms with Gasteiger partial charge in [-0.25, -0.2) is 8.42 Å². The summed E-state index contributed by atoms with van der Waals surface area (Å²) in [7, 11) is -1.99. The van der Waals surface area contributed by atoms with Gasteiger partial charge in [-0.15, -0.1) is 0 Å². The minimum atomic E-state index is -3.54. The highest BCUT2D eigenvalue weighted by atomic mass is 35.5. The molecule has 0 aliphatic rings. The number of benzene rings is 2. The molecule has 4 nitrogen and oxygen atoms in total. The van der Waals surface area contributed by atoms with Crippen LogP contribution in [0.15, 0.2) is 47.4 Å². The highest BCUT2D eigenvalue weighted by Crippen LogP contribution is 2.27. The Morgan fingerprint density at radius 2 is 1.80 bits per heavy atom. The first-order valence-electron chi connectivity index (χ1n) is 5.83. The second-order valence-corrected chi connectivity index (χ2v) is 6.66. The van der Waals surface area contributed by atoms with Crippen LogP contribution in [0.5, 0.6) is 5.75 Å². The Labute approximate surface area is 123 Å². The molecule has 0 bridgehead atoms. The van der Waals surface area contributed by atoms with Crippen LogP contribution in [0.1, 0.15) is 5.56 Å². The van der Waals surface area contributed by atoms with Crippen molar-refractivity contribution in [2.75, 3.05) is 12.8 Å². The van der Waals surface area contributed by atoms with Crippen molar-refractivity contribution in [2.45, 2.75) is 10.6 Å². The summed E-state index contributed by atoms with van der Waals surface area (Å²) in [5.41, 5.74) is 6.64. The van der Waals surface area contributed by atoms with Gasteiger partial charge < -0.3 is 10.5 Å². The molecule has 0 fully saturated rings. The molecular weight excluding hydrogens is 298 g/mol. The van der Waals surface area contributed by atoms with Crippen LogP contribution in [0.4, 0.5) is 5.69 Å². The van der Waals surface area contributed by atoms with E-state index in [0.29, 0.717) is 17.0 Å². The Morgan fingerprint density at radius 1 is 1.15 bits per heavy atom. The number of anilines is 1. The molecule has 0 saturated heterocycles. The Bertz CT molecular complexity index is 712. The van der Waals surface area contributed by atoms with Gasteiger partial charge in [-0.2, -0.15) is 0 Å². The van der Waals surface area contributed by atoms with Crippen molar-refractivity contribution in [1.29, 1.82) is 0 Å². The zero-order valence-electron chi connectivity index (χ0n) is 10.8. The average Bonchev–Trinajstić information content (AvgIpc) is 2.42. The molecule has 0 aromatic heterocycles. The fourth-order valence-corrected chi connectivity index (χ4v) is 3.71. The maximum Gasteiger partial charge on any atom is 0.184 e. The Balaban J connectivity index is 2.32. The van der Waals surface area contributed by atoms with E-state index >= 15 is 0 Å². The second kappa shape index (κ2) is 5.73. The topological polar surface area (TPSA) is 69.4 Å². The number of sulfone groups is 1. The van der Waals surface area contributed by atoms with Crippen molar-refractivity contribution in [3.8, 4) is 5.75 Å². The van der Waals surface area contributed by atoms with E-state index in [1.165, 1.54) is 12.1 Å². The summed E-state index contributed by atoms with van der Waals surface area (Å²) in [6, 6.07) is 11.3. The average molecular weight is 312 g/mol. The van der Waals surface area contributed by atoms with E-state index in [2.05, 4.69) is 0 Å². The first kappa shape index (κ1) is 14.7. The molecule has 20 heavy (non-hydrogen) atoms. The van der Waals surface area contributed by atoms with E-state index < -0.39 is 9.84 Å². The predicted molar refractivity (Wildman–Crippen MR) is 79.7 cm³/mol. The molecule has 2 aromatic carbocycles. The Morgan fingerprint density at radius 3 is 2.40 bits per heavy atom. The molecule has 0 amide bonds. The molecule has 0 unspecified atom stereocenters. The summed E-state index contributed by atoms with van der Waals surface area (Å²) in [6.07, 6.45) is 0. The predicted octanol–water partition coefficient (Wildman–Crippen LogP) is 2.90. The number of halogens is 1. The highest BCUT2D eigenvalue weighted by Gasteiger charge is 2.19. The molecule has 0 radical (unpaired) electrons. The maximum absolute atomic E-state index is 12.4. The fourth-order valence-electron chi connectivity index (χ4n) is 1.78. The van der Waals surface area contributed by atoms with Gasteiger partial charge in [0.1, 0.15) is 5.75 Å². The molecule has 2 rings (SSSR count). The third-order valence-corrected chi connectivity index (χ3v) is 4.97. The van der Waals surface area contributed by atoms with E-state index in [9.17, 15) is 8.42 Å². The quantitative estimate of drug-likeness (QED) is 0.881. The molecule has 2 N–H and O–H groups in total. The lowest BCUT2D eigenvalue weighted by Crippen LogP contribution is -2.06. The normalized spacial score (nSPS) is 11.3. The monoisotopic (exact) mass is 311 g/mol. The minimum absolute atomic E-state index is 0.0509. The van der Waals surface area contributed by atoms with Crippen LogP contribution >= 0.6 is 11.6 Å².